The Labute approximate surface area is 192 Å². The van der Waals surface area contributed by atoms with E-state index in [0.29, 0.717) is 5.57 Å². The minimum absolute atomic E-state index is 0.0769. The Balaban J connectivity index is 3.78. The smallest absolute Gasteiger partial charge is 0.333 e. The van der Waals surface area contributed by atoms with Gasteiger partial charge in [0.1, 0.15) is 5.60 Å². The van der Waals surface area contributed by atoms with Crippen LogP contribution in [-0.2, 0) is 26.0 Å². The third-order valence-electron chi connectivity index (χ3n) is 7.73. The number of rotatable bonds is 8. The molecule has 1 unspecified atom stereocenters. The van der Waals surface area contributed by atoms with Crippen LogP contribution in [0.15, 0.2) is 12.2 Å². The lowest BCUT2D eigenvalue weighted by Crippen LogP contribution is -2.69. The molecule has 1 fully saturated rings. The second kappa shape index (κ2) is 10.2. The normalized spacial score (nSPS) is 26.2. The van der Waals surface area contributed by atoms with Crippen LogP contribution in [0.3, 0.4) is 0 Å². The fourth-order valence-electron chi connectivity index (χ4n) is 5.42. The predicted molar refractivity (Wildman–Crippen MR) is 132 cm³/mol. The van der Waals surface area contributed by atoms with E-state index in [1.54, 1.807) is 6.92 Å². The lowest BCUT2D eigenvalue weighted by molar-refractivity contribution is -0.215. The first kappa shape index (κ1) is 28.0. The molecule has 1 aliphatic heterocycles. The average molecular weight is 493 g/mol. The second-order valence-corrected chi connectivity index (χ2v) is 19.7. The first-order chi connectivity index (χ1) is 13.6. The summed E-state index contributed by atoms with van der Waals surface area (Å²) in [6, 6.07) is 0. The summed E-state index contributed by atoms with van der Waals surface area (Å²) in [5, 5.41) is -0.399. The summed E-state index contributed by atoms with van der Waals surface area (Å²) < 4.78 is 31.0. The Morgan fingerprint density at radius 3 is 1.67 bits per heavy atom. The fourth-order valence-corrected chi connectivity index (χ4v) is 16.9. The first-order valence-electron chi connectivity index (χ1n) is 10.9. The first-order valence-corrected chi connectivity index (χ1v) is 16.7. The van der Waals surface area contributed by atoms with Crippen molar-refractivity contribution in [2.75, 3.05) is 0 Å². The summed E-state index contributed by atoms with van der Waals surface area (Å²) in [5.74, 6) is 0.00519. The number of esters is 1. The van der Waals surface area contributed by atoms with E-state index in [4.69, 9.17) is 21.2 Å². The number of carbonyl (C=O) groups is 1. The van der Waals surface area contributed by atoms with Crippen LogP contribution in [0.4, 0.5) is 0 Å². The molecule has 30 heavy (non-hydrogen) atoms. The van der Waals surface area contributed by atoms with E-state index in [1.165, 1.54) is 0 Å². The fraction of sp³-hybridized carbons (Fsp3) is 0.850. The zero-order valence-electron chi connectivity index (χ0n) is 21.0. The Bertz CT molecular complexity index is 606. The molecule has 0 radical (unpaired) electrons. The van der Waals surface area contributed by atoms with Gasteiger partial charge < -0.3 is 21.2 Å². The van der Waals surface area contributed by atoms with Gasteiger partial charge in [-0.2, -0.15) is 0 Å². The van der Waals surface area contributed by atoms with Crippen molar-refractivity contribution in [2.24, 2.45) is 23.2 Å². The van der Waals surface area contributed by atoms with Crippen LogP contribution in [0.5, 0.6) is 0 Å². The van der Waals surface area contributed by atoms with Crippen molar-refractivity contribution in [3.05, 3.63) is 12.2 Å². The maximum atomic E-state index is 12.9. The number of hydrogen-bond acceptors (Lipinski definition) is 6. The average Bonchev–Trinajstić information content (AvgIpc) is 2.60. The van der Waals surface area contributed by atoms with Gasteiger partial charge in [-0.05, 0) is 31.2 Å². The van der Waals surface area contributed by atoms with Gasteiger partial charge in [0.05, 0.1) is 0 Å². The molecule has 176 valence electrons. The summed E-state index contributed by atoms with van der Waals surface area (Å²) in [7, 11) is -6.01. The molecule has 0 aromatic rings. The molecule has 0 aliphatic carbocycles. The zero-order valence-corrected chi connectivity index (χ0v) is 26.3. The lowest BCUT2D eigenvalue weighted by atomic mass is 9.52. The van der Waals surface area contributed by atoms with Crippen molar-refractivity contribution in [3.8, 4) is 0 Å². The van der Waals surface area contributed by atoms with Gasteiger partial charge in [-0.25, -0.2) is 4.79 Å². The Morgan fingerprint density at radius 1 is 0.900 bits per heavy atom. The van der Waals surface area contributed by atoms with Gasteiger partial charge in [-0.3, -0.25) is 0 Å². The third kappa shape index (κ3) is 4.66. The van der Waals surface area contributed by atoms with Crippen LogP contribution in [-0.4, -0.2) is 50.2 Å². The van der Waals surface area contributed by atoms with Crippen molar-refractivity contribution >= 4 is 44.6 Å². The lowest BCUT2D eigenvalue weighted by Gasteiger charge is -2.64. The van der Waals surface area contributed by atoms with Gasteiger partial charge in [0.25, 0.3) is 30.0 Å². The van der Waals surface area contributed by atoms with Gasteiger partial charge in [-0.15, -0.1) is 0 Å². The summed E-state index contributed by atoms with van der Waals surface area (Å²) >= 11 is 0. The summed E-state index contributed by atoms with van der Waals surface area (Å²) in [4.78, 5) is 12.9. The molecular formula is C20H44O6Si4. The summed E-state index contributed by atoms with van der Waals surface area (Å²) in [6.45, 7) is 27.4. The van der Waals surface area contributed by atoms with Crippen molar-refractivity contribution in [1.29, 1.82) is 0 Å². The monoisotopic (exact) mass is 492 g/mol. The maximum Gasteiger partial charge on any atom is 0.333 e. The molecule has 0 amide bonds. The van der Waals surface area contributed by atoms with Gasteiger partial charge >= 0.3 is 14.5 Å². The highest BCUT2D eigenvalue weighted by Crippen LogP contribution is 2.66. The van der Waals surface area contributed by atoms with E-state index >= 15 is 0 Å². The standard InChI is InChI=1S/C20H44O6Si4/c1-13(2)17(21)22-20(15(5)6,16(7)8)19(11,14(3)4)18(9,10)30(12)25-28-23-27-24-29-26-30/h14-16H,1,27-29H2,2-12H3. The van der Waals surface area contributed by atoms with Crippen LogP contribution in [0.25, 0.3) is 0 Å². The minimum atomic E-state index is -2.74. The largest absolute Gasteiger partial charge is 0.455 e. The second-order valence-electron chi connectivity index (χ2n) is 10.3. The van der Waals surface area contributed by atoms with E-state index in [2.05, 4.69) is 75.4 Å². The van der Waals surface area contributed by atoms with Crippen LogP contribution in [0.1, 0.15) is 69.2 Å². The molecule has 0 aromatic heterocycles. The van der Waals surface area contributed by atoms with E-state index in [-0.39, 0.29) is 23.7 Å². The van der Waals surface area contributed by atoms with E-state index < -0.39 is 54.6 Å². The third-order valence-corrected chi connectivity index (χ3v) is 18.5. The molecule has 0 N–H and O–H groups in total. The summed E-state index contributed by atoms with van der Waals surface area (Å²) in [5.41, 5.74) is -0.780. The minimum Gasteiger partial charge on any atom is -0.455 e. The van der Waals surface area contributed by atoms with E-state index in [9.17, 15) is 4.79 Å². The van der Waals surface area contributed by atoms with Crippen molar-refractivity contribution < 1.29 is 26.0 Å². The van der Waals surface area contributed by atoms with Gasteiger partial charge in [0, 0.05) is 16.0 Å². The van der Waals surface area contributed by atoms with E-state index in [0.717, 1.165) is 0 Å². The molecule has 10 heteroatoms. The molecule has 0 aromatic carbocycles. The number of ether oxygens (including phenoxy) is 1. The highest BCUT2D eigenvalue weighted by atomic mass is 28.5. The van der Waals surface area contributed by atoms with Crippen LogP contribution in [0.2, 0.25) is 11.6 Å². The Hall–Kier alpha value is -0.0825. The molecule has 1 rings (SSSR count). The van der Waals surface area contributed by atoms with Crippen LogP contribution < -0.4 is 0 Å². The van der Waals surface area contributed by atoms with Crippen molar-refractivity contribution in [2.45, 2.75) is 86.4 Å². The highest BCUT2D eigenvalue weighted by molar-refractivity contribution is 6.77. The molecule has 0 bridgehead atoms. The molecular weight excluding hydrogens is 449 g/mol. The zero-order chi connectivity index (χ0) is 23.5. The van der Waals surface area contributed by atoms with Gasteiger partial charge in [-0.1, -0.05) is 68.9 Å². The molecule has 1 saturated heterocycles. The predicted octanol–water partition coefficient (Wildman–Crippen LogP) is 2.75. The van der Waals surface area contributed by atoms with E-state index in [1.807, 2.05) is 0 Å². The molecule has 0 saturated carbocycles. The Morgan fingerprint density at radius 2 is 1.33 bits per heavy atom. The maximum absolute atomic E-state index is 12.9. The van der Waals surface area contributed by atoms with Crippen LogP contribution >= 0.6 is 0 Å². The van der Waals surface area contributed by atoms with Crippen LogP contribution in [0, 0.1) is 23.2 Å². The van der Waals surface area contributed by atoms with Gasteiger partial charge in [0.2, 0.25) is 0 Å². The number of hydrogen-bond donors (Lipinski definition) is 0. The van der Waals surface area contributed by atoms with Crippen molar-refractivity contribution in [1.82, 2.24) is 0 Å². The molecule has 0 spiro atoms. The quantitative estimate of drug-likeness (QED) is 0.295. The van der Waals surface area contributed by atoms with Gasteiger partial charge in [0.15, 0.2) is 0 Å². The number of carbonyl (C=O) groups excluding carboxylic acids is 1. The van der Waals surface area contributed by atoms with Crippen molar-refractivity contribution in [3.63, 3.8) is 0 Å². The molecule has 6 nitrogen and oxygen atoms in total. The molecule has 1 aliphatic rings. The topological polar surface area (TPSA) is 63.2 Å². The SMILES string of the molecule is C=C(C)C(=O)OC(C(C)C)(C(C)C)C(C)(C(C)C)C(C)(C)[Si]1(C)O[SiH2]O[SiH2]O[SiH2]O1. The summed E-state index contributed by atoms with van der Waals surface area (Å²) in [6.07, 6.45) is 0. The molecule has 1 atom stereocenters. The molecule has 1 heterocycles. The Kier molecular flexibility index (Phi) is 9.54. The highest BCUT2D eigenvalue weighted by Gasteiger charge is 2.69.